The van der Waals surface area contributed by atoms with Crippen LogP contribution < -0.4 is 5.73 Å². The fraction of sp³-hybridized carbons (Fsp3) is 0.0500. The lowest BCUT2D eigenvalue weighted by Gasteiger charge is -2.12. The Labute approximate surface area is 170 Å². The van der Waals surface area contributed by atoms with Crippen LogP contribution in [-0.4, -0.2) is 16.0 Å². The van der Waals surface area contributed by atoms with E-state index < -0.39 is 18.0 Å². The summed E-state index contributed by atoms with van der Waals surface area (Å²) in [6.07, 6.45) is -4.75. The molecule has 0 saturated carbocycles. The minimum absolute atomic E-state index is 0.223. The van der Waals surface area contributed by atoms with Crippen molar-refractivity contribution in [1.82, 2.24) is 10.1 Å². The number of carbonyl (C=O) groups is 1. The van der Waals surface area contributed by atoms with Crippen LogP contribution in [0.1, 0.15) is 16.2 Å². The van der Waals surface area contributed by atoms with Gasteiger partial charge in [0.15, 0.2) is 0 Å². The molecule has 0 aliphatic rings. The molecule has 0 fully saturated rings. The zero-order valence-electron chi connectivity index (χ0n) is 14.5. The smallest absolute Gasteiger partial charge is 0.366 e. The second-order valence-corrected chi connectivity index (χ2v) is 7.04. The molecule has 0 aliphatic carbocycles. The molecule has 0 radical (unpaired) electrons. The molecule has 0 atom stereocenters. The van der Waals surface area contributed by atoms with Crippen LogP contribution in [0.25, 0.3) is 33.3 Å². The number of nitrogens with two attached hydrogens (primary N) is 1. The molecular weight excluding hydrogens is 451 g/mol. The van der Waals surface area contributed by atoms with Gasteiger partial charge in [-0.3, -0.25) is 4.79 Å². The maximum atomic E-state index is 12.8. The van der Waals surface area contributed by atoms with Crippen molar-refractivity contribution in [2.24, 2.45) is 5.73 Å². The lowest BCUT2D eigenvalue weighted by molar-refractivity contribution is -0.159. The normalized spacial score (nSPS) is 11.7. The van der Waals surface area contributed by atoms with Gasteiger partial charge in [0.2, 0.25) is 11.7 Å². The van der Waals surface area contributed by atoms with E-state index in [4.69, 9.17) is 5.73 Å². The predicted octanol–water partition coefficient (Wildman–Crippen LogP) is 5.44. The zero-order chi connectivity index (χ0) is 20.8. The molecule has 9 heteroatoms. The first-order valence-electron chi connectivity index (χ1n) is 8.28. The predicted molar refractivity (Wildman–Crippen MR) is 104 cm³/mol. The summed E-state index contributed by atoms with van der Waals surface area (Å²) < 4.78 is 43.5. The summed E-state index contributed by atoms with van der Waals surface area (Å²) in [7, 11) is 0. The van der Waals surface area contributed by atoms with Crippen molar-refractivity contribution in [2.45, 2.75) is 6.18 Å². The van der Waals surface area contributed by atoms with Gasteiger partial charge in [0.25, 0.3) is 0 Å². The molecule has 146 valence electrons. The number of nitrogens with zero attached hydrogens (tertiary/aromatic N) is 2. The van der Waals surface area contributed by atoms with Crippen LogP contribution in [0.4, 0.5) is 13.2 Å². The first-order valence-corrected chi connectivity index (χ1v) is 9.08. The number of carbonyl (C=O) groups excluding carboxylic acids is 1. The zero-order valence-corrected chi connectivity index (χ0v) is 16.1. The number of benzene rings is 3. The first-order chi connectivity index (χ1) is 13.8. The van der Waals surface area contributed by atoms with E-state index in [0.29, 0.717) is 11.1 Å². The number of fused-ring (bicyclic) bond motifs is 1. The van der Waals surface area contributed by atoms with E-state index >= 15 is 0 Å². The molecular formula is C20H11BrF3N3O2. The Kier molecular flexibility index (Phi) is 4.62. The van der Waals surface area contributed by atoms with Crippen molar-refractivity contribution in [3.63, 3.8) is 0 Å². The van der Waals surface area contributed by atoms with Crippen LogP contribution >= 0.6 is 15.9 Å². The minimum atomic E-state index is -4.75. The molecule has 0 spiro atoms. The first kappa shape index (κ1) is 19.1. The second kappa shape index (κ2) is 7.00. The Morgan fingerprint density at radius 1 is 1.00 bits per heavy atom. The number of hydrogen-bond donors (Lipinski definition) is 1. The SMILES string of the molecule is NC(=O)c1ccc(-c2noc(C(F)(F)F)n2)cc1-c1ccc(Br)c2ccccc12. The van der Waals surface area contributed by atoms with E-state index in [1.807, 2.05) is 30.3 Å². The van der Waals surface area contributed by atoms with Crippen LogP contribution in [-0.2, 0) is 6.18 Å². The number of primary amides is 1. The van der Waals surface area contributed by atoms with Gasteiger partial charge in [-0.1, -0.05) is 57.5 Å². The third kappa shape index (κ3) is 3.49. The monoisotopic (exact) mass is 461 g/mol. The summed E-state index contributed by atoms with van der Waals surface area (Å²) in [4.78, 5) is 15.4. The number of hydrogen-bond acceptors (Lipinski definition) is 4. The van der Waals surface area contributed by atoms with Gasteiger partial charge >= 0.3 is 12.1 Å². The molecule has 4 rings (SSSR count). The van der Waals surface area contributed by atoms with Crippen LogP contribution in [0, 0.1) is 0 Å². The third-order valence-corrected chi connectivity index (χ3v) is 5.06. The van der Waals surface area contributed by atoms with E-state index in [1.165, 1.54) is 18.2 Å². The summed E-state index contributed by atoms with van der Waals surface area (Å²) in [5.41, 5.74) is 7.16. The lowest BCUT2D eigenvalue weighted by atomic mass is 9.92. The van der Waals surface area contributed by atoms with E-state index in [-0.39, 0.29) is 17.0 Å². The molecule has 3 aromatic carbocycles. The summed E-state index contributed by atoms with van der Waals surface area (Å²) in [6, 6.07) is 15.5. The molecule has 2 N–H and O–H groups in total. The molecule has 4 aromatic rings. The van der Waals surface area contributed by atoms with Gasteiger partial charge in [0.05, 0.1) is 0 Å². The molecule has 1 aromatic heterocycles. The third-order valence-electron chi connectivity index (χ3n) is 4.37. The van der Waals surface area contributed by atoms with E-state index in [0.717, 1.165) is 15.2 Å². The van der Waals surface area contributed by atoms with Crippen LogP contribution in [0.15, 0.2) is 63.6 Å². The molecule has 0 saturated heterocycles. The molecule has 29 heavy (non-hydrogen) atoms. The largest absolute Gasteiger partial charge is 0.471 e. The second-order valence-electron chi connectivity index (χ2n) is 6.19. The van der Waals surface area contributed by atoms with Gasteiger partial charge in [0, 0.05) is 15.6 Å². The van der Waals surface area contributed by atoms with Crippen molar-refractivity contribution >= 4 is 32.6 Å². The van der Waals surface area contributed by atoms with Gasteiger partial charge in [-0.05, 0) is 40.1 Å². The molecule has 5 nitrogen and oxygen atoms in total. The standard InChI is InChI=1S/C20H11BrF3N3O2/c21-16-8-7-12(11-3-1-2-4-13(11)16)15-9-10(5-6-14(15)17(25)28)18-26-19(29-27-18)20(22,23)24/h1-9H,(H2,25,28). The van der Waals surface area contributed by atoms with Crippen LogP contribution in [0.3, 0.4) is 0 Å². The highest BCUT2D eigenvalue weighted by Crippen LogP contribution is 2.37. The number of amides is 1. The van der Waals surface area contributed by atoms with Gasteiger partial charge in [-0.15, -0.1) is 0 Å². The molecule has 0 unspecified atom stereocenters. The van der Waals surface area contributed by atoms with Crippen molar-refractivity contribution in [3.8, 4) is 22.5 Å². The van der Waals surface area contributed by atoms with Gasteiger partial charge in [0.1, 0.15) is 0 Å². The topological polar surface area (TPSA) is 82.0 Å². The van der Waals surface area contributed by atoms with E-state index in [2.05, 4.69) is 30.6 Å². The maximum absolute atomic E-state index is 12.8. The van der Waals surface area contributed by atoms with Crippen molar-refractivity contribution in [3.05, 3.63) is 70.5 Å². The van der Waals surface area contributed by atoms with Gasteiger partial charge in [-0.25, -0.2) is 0 Å². The number of aromatic nitrogens is 2. The van der Waals surface area contributed by atoms with E-state index in [1.54, 1.807) is 6.07 Å². The summed E-state index contributed by atoms with van der Waals surface area (Å²) >= 11 is 3.49. The Morgan fingerprint density at radius 2 is 1.72 bits per heavy atom. The summed E-state index contributed by atoms with van der Waals surface area (Å²) in [6.45, 7) is 0. The fourth-order valence-electron chi connectivity index (χ4n) is 3.07. The highest BCUT2D eigenvalue weighted by atomic mass is 79.9. The Bertz CT molecular complexity index is 1250. The molecule has 0 aliphatic heterocycles. The molecule has 1 amide bonds. The summed E-state index contributed by atoms with van der Waals surface area (Å²) in [5.74, 6) is -2.35. The highest BCUT2D eigenvalue weighted by Gasteiger charge is 2.38. The van der Waals surface area contributed by atoms with Crippen molar-refractivity contribution in [2.75, 3.05) is 0 Å². The van der Waals surface area contributed by atoms with Crippen molar-refractivity contribution in [1.29, 1.82) is 0 Å². The summed E-state index contributed by atoms with van der Waals surface area (Å²) in [5, 5.41) is 5.15. The number of alkyl halides is 3. The van der Waals surface area contributed by atoms with Gasteiger partial charge < -0.3 is 10.3 Å². The lowest BCUT2D eigenvalue weighted by Crippen LogP contribution is -2.12. The molecule has 1 heterocycles. The average Bonchev–Trinajstić information content (AvgIpc) is 3.19. The maximum Gasteiger partial charge on any atom is 0.471 e. The Morgan fingerprint density at radius 3 is 2.38 bits per heavy atom. The minimum Gasteiger partial charge on any atom is -0.366 e. The Hall–Kier alpha value is -3.20. The average molecular weight is 462 g/mol. The van der Waals surface area contributed by atoms with Gasteiger partial charge in [-0.2, -0.15) is 18.2 Å². The van der Waals surface area contributed by atoms with E-state index in [9.17, 15) is 18.0 Å². The van der Waals surface area contributed by atoms with Crippen LogP contribution in [0.5, 0.6) is 0 Å². The molecule has 0 bridgehead atoms. The number of rotatable bonds is 3. The van der Waals surface area contributed by atoms with Crippen molar-refractivity contribution < 1.29 is 22.5 Å². The number of halogens is 4. The fourth-order valence-corrected chi connectivity index (χ4v) is 3.55. The highest BCUT2D eigenvalue weighted by molar-refractivity contribution is 9.10. The quantitative estimate of drug-likeness (QED) is 0.440. The Balaban J connectivity index is 1.94. The van der Waals surface area contributed by atoms with Crippen LogP contribution in [0.2, 0.25) is 0 Å².